The second kappa shape index (κ2) is 17.7. The molecule has 5 heteroatoms. The second-order valence-electron chi connectivity index (χ2n) is 17.8. The number of halogens is 2. The summed E-state index contributed by atoms with van der Waals surface area (Å²) in [6, 6.07) is 11.8. The number of hydrogen-bond donors (Lipinski definition) is 0. The van der Waals surface area contributed by atoms with E-state index in [9.17, 15) is 11.2 Å². The molecule has 0 atom stereocenters. The van der Waals surface area contributed by atoms with Gasteiger partial charge in [-0.3, -0.25) is 0 Å². The zero-order valence-corrected chi connectivity index (χ0v) is 36.1. The fourth-order valence-electron chi connectivity index (χ4n) is 13.5. The Morgan fingerprint density at radius 3 is 1.27 bits per heavy atom. The van der Waals surface area contributed by atoms with Crippen molar-refractivity contribution in [3.63, 3.8) is 0 Å². The van der Waals surface area contributed by atoms with Crippen LogP contribution in [-0.2, 0) is 19.5 Å². The summed E-state index contributed by atoms with van der Waals surface area (Å²) >= 11 is 18.8. The molecule has 1 aromatic rings. The van der Waals surface area contributed by atoms with Gasteiger partial charge in [-0.1, -0.05) is 0 Å². The SMILES string of the molecule is ClC1(P(Cl)(C(=Cc2ccccc2)[P+](C2CCCCC2)(C2CCCCC2)C2CCCCC2)(C2CCCCC2)C2CCCCC2)CCCCC1.[Ru]. The molecule has 6 fully saturated rings. The molecule has 6 aliphatic carbocycles. The Balaban J connectivity index is 0.00000417. The molecule has 0 aromatic heterocycles. The molecule has 6 saturated carbocycles. The van der Waals surface area contributed by atoms with Gasteiger partial charge < -0.3 is 0 Å². The van der Waals surface area contributed by atoms with Crippen LogP contribution in [0.15, 0.2) is 35.4 Å². The van der Waals surface area contributed by atoms with Crippen LogP contribution < -0.4 is 0 Å². The summed E-state index contributed by atoms with van der Waals surface area (Å²) in [6.45, 7) is 0. The summed E-state index contributed by atoms with van der Waals surface area (Å²) in [5, 5.41) is 2.02. The molecule has 0 spiro atoms. The van der Waals surface area contributed by atoms with Gasteiger partial charge in [0, 0.05) is 19.5 Å². The molecule has 6 aliphatic rings. The molecule has 49 heavy (non-hydrogen) atoms. The van der Waals surface area contributed by atoms with Gasteiger partial charge in [0.1, 0.15) is 0 Å². The molecule has 0 bridgehead atoms. The van der Waals surface area contributed by atoms with Crippen LogP contribution in [0.5, 0.6) is 0 Å². The summed E-state index contributed by atoms with van der Waals surface area (Å²) < 4.78 is -0.223. The molecule has 1 aromatic carbocycles. The van der Waals surface area contributed by atoms with E-state index in [0.717, 1.165) is 17.0 Å². The Kier molecular flexibility index (Phi) is 14.3. The molecule has 0 heterocycles. The topological polar surface area (TPSA) is 0 Å². The van der Waals surface area contributed by atoms with Crippen LogP contribution in [0.3, 0.4) is 0 Å². The number of hydrogen-bond acceptors (Lipinski definition) is 0. The summed E-state index contributed by atoms with van der Waals surface area (Å²) in [5.74, 6) is -3.33. The third-order valence-corrected chi connectivity index (χ3v) is 36.2. The van der Waals surface area contributed by atoms with Crippen molar-refractivity contribution in [2.24, 2.45) is 0 Å². The first kappa shape index (κ1) is 39.7. The number of benzene rings is 1. The Morgan fingerprint density at radius 2 is 0.878 bits per heavy atom. The smallest absolute Gasteiger partial charge is 0 e. The Labute approximate surface area is 326 Å². The summed E-state index contributed by atoms with van der Waals surface area (Å²) in [7, 11) is -1.72. The van der Waals surface area contributed by atoms with Crippen LogP contribution >= 0.6 is 36.1 Å². The van der Waals surface area contributed by atoms with Gasteiger partial charge in [-0.15, -0.1) is 0 Å². The van der Waals surface area contributed by atoms with Gasteiger partial charge in [0.25, 0.3) is 0 Å². The van der Waals surface area contributed by atoms with E-state index in [0.29, 0.717) is 11.3 Å². The van der Waals surface area contributed by atoms with Gasteiger partial charge in [0.2, 0.25) is 0 Å². The molecule has 0 N–H and O–H groups in total. The fraction of sp³-hybridized carbons (Fsp3) is 0.818. The van der Waals surface area contributed by atoms with Crippen LogP contribution in [-0.4, -0.2) is 32.9 Å². The van der Waals surface area contributed by atoms with E-state index in [4.69, 9.17) is 11.6 Å². The van der Waals surface area contributed by atoms with E-state index >= 15 is 0 Å². The van der Waals surface area contributed by atoms with Gasteiger partial charge >= 0.3 is 309 Å². The first-order chi connectivity index (χ1) is 23.5. The zero-order valence-electron chi connectivity index (χ0n) is 31.1. The molecule has 0 saturated heterocycles. The van der Waals surface area contributed by atoms with E-state index in [1.165, 1.54) is 198 Å². The third kappa shape index (κ3) is 7.16. The molecular formula is C44H71Cl2P2Ru+. The van der Waals surface area contributed by atoms with E-state index in [1.54, 1.807) is 0 Å². The number of alkyl halides is 1. The second-order valence-corrected chi connectivity index (χ2v) is 30.8. The maximum absolute atomic E-state index is 9.89. The first-order valence-corrected chi connectivity index (χ1v) is 27.3. The van der Waals surface area contributed by atoms with Crippen molar-refractivity contribution in [1.82, 2.24) is 0 Å². The zero-order chi connectivity index (χ0) is 32.9. The summed E-state index contributed by atoms with van der Waals surface area (Å²) in [6.07, 6.45) is 45.1. The fourth-order valence-corrected chi connectivity index (χ4v) is 38.3. The van der Waals surface area contributed by atoms with Crippen molar-refractivity contribution in [2.45, 2.75) is 226 Å². The molecule has 0 nitrogen and oxygen atoms in total. The molecule has 0 radical (unpaired) electrons. The molecule has 0 unspecified atom stereocenters. The predicted molar refractivity (Wildman–Crippen MR) is 220 cm³/mol. The standard InChI is InChI=1S/C44H71Cl2P2.Ru/c45-44(34-20-7-21-35-44)48(46,41-30-16-5-17-31-41,42-32-18-6-19-33-42)43(36-37-22-8-1-9-23-37)47(38-24-10-2-11-25-38,39-26-12-3-13-27-39)40-28-14-4-15-29-40;/h1,8-9,22-23,36,38-42H,2-7,10-21,24-35H2;/q+1;. The minimum absolute atomic E-state index is 0. The van der Waals surface area contributed by atoms with Gasteiger partial charge in [-0.2, -0.15) is 0 Å². The maximum atomic E-state index is 9.89. The van der Waals surface area contributed by atoms with Crippen LogP contribution in [0.25, 0.3) is 6.08 Å². The van der Waals surface area contributed by atoms with Gasteiger partial charge in [0.15, 0.2) is 0 Å². The van der Waals surface area contributed by atoms with E-state index in [2.05, 4.69) is 36.4 Å². The average molecular weight is 834 g/mol. The molecule has 278 valence electrons. The van der Waals surface area contributed by atoms with Crippen molar-refractivity contribution in [3.05, 3.63) is 41.0 Å². The molecule has 7 rings (SSSR count). The van der Waals surface area contributed by atoms with Crippen molar-refractivity contribution >= 4 is 42.1 Å². The minimum atomic E-state index is -3.33. The first-order valence-electron chi connectivity index (χ1n) is 21.6. The minimum Gasteiger partial charge on any atom is 0 e. The Morgan fingerprint density at radius 1 is 0.531 bits per heavy atom. The van der Waals surface area contributed by atoms with Gasteiger partial charge in [-0.25, -0.2) is 0 Å². The summed E-state index contributed by atoms with van der Waals surface area (Å²) in [5.41, 5.74) is 5.42. The van der Waals surface area contributed by atoms with Gasteiger partial charge in [0.05, 0.1) is 0 Å². The largest absolute Gasteiger partial charge is 0 e. The monoisotopic (exact) mass is 833 g/mol. The normalized spacial score (nSPS) is 27.6. The summed E-state index contributed by atoms with van der Waals surface area (Å²) in [4.78, 5) is 0. The van der Waals surface area contributed by atoms with Crippen LogP contribution in [0, 0.1) is 0 Å². The Bertz CT molecular complexity index is 1120. The third-order valence-electron chi connectivity index (χ3n) is 15.5. The van der Waals surface area contributed by atoms with Crippen molar-refractivity contribution in [3.8, 4) is 0 Å². The van der Waals surface area contributed by atoms with Crippen molar-refractivity contribution in [2.75, 3.05) is 0 Å². The van der Waals surface area contributed by atoms with E-state index < -0.39 is 13.2 Å². The molecule has 0 aliphatic heterocycles. The average Bonchev–Trinajstić information content (AvgIpc) is 3.17. The molecular weight excluding hydrogens is 762 g/mol. The van der Waals surface area contributed by atoms with Crippen molar-refractivity contribution < 1.29 is 19.5 Å². The van der Waals surface area contributed by atoms with Crippen LogP contribution in [0.1, 0.15) is 198 Å². The van der Waals surface area contributed by atoms with Gasteiger partial charge in [-0.05, 0) is 0 Å². The Hall–Kier alpha value is 1.02. The maximum Gasteiger partial charge on any atom is 0 e. The predicted octanol–water partition coefficient (Wildman–Crippen LogP) is 16.3. The van der Waals surface area contributed by atoms with E-state index in [-0.39, 0.29) is 24.1 Å². The number of rotatable bonds is 9. The van der Waals surface area contributed by atoms with Crippen LogP contribution in [0.4, 0.5) is 0 Å². The quantitative estimate of drug-likeness (QED) is 0.132. The van der Waals surface area contributed by atoms with Crippen LogP contribution in [0.2, 0.25) is 0 Å². The van der Waals surface area contributed by atoms with E-state index in [1.807, 2.05) is 5.06 Å². The molecule has 0 amide bonds. The van der Waals surface area contributed by atoms with Crippen molar-refractivity contribution in [1.29, 1.82) is 0 Å².